The zero-order valence-corrected chi connectivity index (χ0v) is 13.2. The highest BCUT2D eigenvalue weighted by atomic mass is 32.1. The van der Waals surface area contributed by atoms with Crippen LogP contribution < -0.4 is 11.3 Å². The number of rotatable bonds is 4. The van der Waals surface area contributed by atoms with E-state index < -0.39 is 0 Å². The average molecular weight is 281 g/mol. The molecule has 1 atom stereocenters. The summed E-state index contributed by atoms with van der Waals surface area (Å²) in [5.74, 6) is 6.49. The number of nitrogens with one attached hydrogen (secondary N) is 1. The number of hydrogen-bond donors (Lipinski definition) is 2. The highest BCUT2D eigenvalue weighted by Crippen LogP contribution is 2.29. The number of nitrogens with two attached hydrogens (primary N) is 1. The zero-order chi connectivity index (χ0) is 13.9. The molecule has 0 aliphatic heterocycles. The predicted octanol–water partition coefficient (Wildman–Crippen LogP) is 3.40. The lowest BCUT2D eigenvalue weighted by Crippen LogP contribution is -2.43. The van der Waals surface area contributed by atoms with E-state index in [4.69, 9.17) is 10.8 Å². The van der Waals surface area contributed by atoms with Crippen LogP contribution in [0.4, 0.5) is 0 Å². The number of hydrogen-bond acceptors (Lipinski definition) is 4. The Labute approximate surface area is 121 Å². The van der Waals surface area contributed by atoms with Crippen molar-refractivity contribution in [2.75, 3.05) is 0 Å². The van der Waals surface area contributed by atoms with Crippen molar-refractivity contribution in [3.8, 4) is 0 Å². The van der Waals surface area contributed by atoms with E-state index in [0.717, 1.165) is 12.3 Å². The van der Waals surface area contributed by atoms with Crippen LogP contribution in [0.1, 0.15) is 63.6 Å². The summed E-state index contributed by atoms with van der Waals surface area (Å²) in [7, 11) is 0. The van der Waals surface area contributed by atoms with Crippen LogP contribution in [0.3, 0.4) is 0 Å². The topological polar surface area (TPSA) is 50.9 Å². The molecule has 0 bridgehead atoms. The molecule has 1 aromatic heterocycles. The van der Waals surface area contributed by atoms with Gasteiger partial charge in [-0.1, -0.05) is 40.0 Å². The van der Waals surface area contributed by atoms with Gasteiger partial charge in [0.15, 0.2) is 0 Å². The second-order valence-corrected chi connectivity index (χ2v) is 7.69. The van der Waals surface area contributed by atoms with Gasteiger partial charge in [0.1, 0.15) is 0 Å². The summed E-state index contributed by atoms with van der Waals surface area (Å²) in [4.78, 5) is 4.79. The summed E-state index contributed by atoms with van der Waals surface area (Å²) in [6.45, 7) is 6.64. The Balaban J connectivity index is 1.99. The van der Waals surface area contributed by atoms with E-state index in [1.807, 2.05) is 0 Å². The third-order valence-corrected chi connectivity index (χ3v) is 5.02. The van der Waals surface area contributed by atoms with Gasteiger partial charge in [-0.3, -0.25) is 11.3 Å². The lowest BCUT2D eigenvalue weighted by molar-refractivity contribution is 0.268. The molecule has 4 heteroatoms. The molecule has 1 heterocycles. The number of hydrazine groups is 1. The van der Waals surface area contributed by atoms with Crippen molar-refractivity contribution in [2.45, 2.75) is 70.8 Å². The molecule has 108 valence electrons. The largest absolute Gasteiger partial charge is 0.271 e. The van der Waals surface area contributed by atoms with Crippen molar-refractivity contribution < 1.29 is 0 Å². The molecule has 0 radical (unpaired) electrons. The first-order chi connectivity index (χ1) is 9.00. The normalized spacial score (nSPS) is 19.6. The fourth-order valence-electron chi connectivity index (χ4n) is 2.84. The molecule has 1 aliphatic rings. The maximum absolute atomic E-state index is 5.77. The van der Waals surface area contributed by atoms with Gasteiger partial charge < -0.3 is 0 Å². The highest BCUT2D eigenvalue weighted by molar-refractivity contribution is 7.09. The van der Waals surface area contributed by atoms with Gasteiger partial charge in [-0.05, 0) is 18.8 Å². The third kappa shape index (κ3) is 4.01. The Morgan fingerprint density at radius 1 is 1.37 bits per heavy atom. The smallest absolute Gasteiger partial charge is 0.0944 e. The van der Waals surface area contributed by atoms with E-state index in [-0.39, 0.29) is 5.41 Å². The fourth-order valence-corrected chi connectivity index (χ4v) is 3.92. The molecule has 1 aliphatic carbocycles. The Hall–Kier alpha value is -0.450. The van der Waals surface area contributed by atoms with Gasteiger partial charge >= 0.3 is 0 Å². The van der Waals surface area contributed by atoms with Gasteiger partial charge in [0.2, 0.25) is 0 Å². The van der Waals surface area contributed by atoms with E-state index in [9.17, 15) is 0 Å². The molecule has 0 saturated heterocycles. The first-order valence-electron chi connectivity index (χ1n) is 7.41. The second-order valence-electron chi connectivity index (χ2n) is 6.75. The summed E-state index contributed by atoms with van der Waals surface area (Å²) in [6.07, 6.45) is 7.70. The Bertz CT molecular complexity index is 388. The van der Waals surface area contributed by atoms with Gasteiger partial charge in [-0.2, -0.15) is 0 Å². The van der Waals surface area contributed by atoms with Crippen molar-refractivity contribution in [3.63, 3.8) is 0 Å². The van der Waals surface area contributed by atoms with E-state index in [2.05, 4.69) is 31.6 Å². The van der Waals surface area contributed by atoms with E-state index in [1.165, 1.54) is 42.8 Å². The molecular weight excluding hydrogens is 254 g/mol. The molecule has 1 unspecified atom stereocenters. The molecule has 0 amide bonds. The summed E-state index contributed by atoms with van der Waals surface area (Å²) < 4.78 is 0. The van der Waals surface area contributed by atoms with Crippen LogP contribution in [0, 0.1) is 5.92 Å². The van der Waals surface area contributed by atoms with Gasteiger partial charge in [0, 0.05) is 23.3 Å². The van der Waals surface area contributed by atoms with E-state index >= 15 is 0 Å². The molecular formula is C15H27N3S. The minimum Gasteiger partial charge on any atom is -0.271 e. The molecule has 1 fully saturated rings. The van der Waals surface area contributed by atoms with Crippen molar-refractivity contribution in [2.24, 2.45) is 11.8 Å². The maximum atomic E-state index is 5.77. The first-order valence-corrected chi connectivity index (χ1v) is 8.29. The maximum Gasteiger partial charge on any atom is 0.0944 e. The van der Waals surface area contributed by atoms with Gasteiger partial charge in [-0.15, -0.1) is 11.3 Å². The van der Waals surface area contributed by atoms with E-state index in [0.29, 0.717) is 6.04 Å². The molecule has 3 N–H and O–H groups in total. The summed E-state index contributed by atoms with van der Waals surface area (Å²) >= 11 is 1.78. The Morgan fingerprint density at radius 3 is 2.58 bits per heavy atom. The highest BCUT2D eigenvalue weighted by Gasteiger charge is 2.25. The molecule has 2 rings (SSSR count). The predicted molar refractivity (Wildman–Crippen MR) is 82.2 cm³/mol. The van der Waals surface area contributed by atoms with Crippen molar-refractivity contribution in [3.05, 3.63) is 16.1 Å². The van der Waals surface area contributed by atoms with Crippen LogP contribution in [0.2, 0.25) is 0 Å². The monoisotopic (exact) mass is 281 g/mol. The minimum atomic E-state index is 0.144. The zero-order valence-electron chi connectivity index (χ0n) is 12.4. The lowest BCUT2D eigenvalue weighted by atomic mass is 9.83. The molecule has 19 heavy (non-hydrogen) atoms. The van der Waals surface area contributed by atoms with Crippen LogP contribution in [0.5, 0.6) is 0 Å². The summed E-state index contributed by atoms with van der Waals surface area (Å²) in [5.41, 5.74) is 4.38. The number of aromatic nitrogens is 1. The fraction of sp³-hybridized carbons (Fsp3) is 0.800. The molecule has 1 saturated carbocycles. The SMILES string of the molecule is CC(C)(C)c1csc(CC(NN)C2CCCCC2)n1. The standard InChI is InChI=1S/C15H27N3S/c1-15(2,3)13-10-19-14(17-13)9-12(18-16)11-7-5-4-6-8-11/h10-12,18H,4-9,16H2,1-3H3. The van der Waals surface area contributed by atoms with Gasteiger partial charge in [-0.25, -0.2) is 4.98 Å². The van der Waals surface area contributed by atoms with Crippen LogP contribution in [0.25, 0.3) is 0 Å². The van der Waals surface area contributed by atoms with Gasteiger partial charge in [0.05, 0.1) is 10.7 Å². The Morgan fingerprint density at radius 2 is 2.05 bits per heavy atom. The minimum absolute atomic E-state index is 0.144. The van der Waals surface area contributed by atoms with Crippen LogP contribution in [0.15, 0.2) is 5.38 Å². The quantitative estimate of drug-likeness (QED) is 0.657. The van der Waals surface area contributed by atoms with Crippen molar-refractivity contribution in [1.29, 1.82) is 0 Å². The number of nitrogens with zero attached hydrogens (tertiary/aromatic N) is 1. The van der Waals surface area contributed by atoms with Crippen LogP contribution >= 0.6 is 11.3 Å². The molecule has 0 aromatic carbocycles. The van der Waals surface area contributed by atoms with Gasteiger partial charge in [0.25, 0.3) is 0 Å². The first kappa shape index (κ1) is 14.9. The van der Waals surface area contributed by atoms with Crippen LogP contribution in [-0.2, 0) is 11.8 Å². The summed E-state index contributed by atoms with van der Waals surface area (Å²) in [5, 5.41) is 3.42. The third-order valence-electron chi connectivity index (χ3n) is 4.15. The molecule has 3 nitrogen and oxygen atoms in total. The average Bonchev–Trinajstić information content (AvgIpc) is 2.85. The number of thiazole rings is 1. The molecule has 0 spiro atoms. The summed E-state index contributed by atoms with van der Waals surface area (Å²) in [6, 6.07) is 0.388. The second kappa shape index (κ2) is 6.33. The lowest BCUT2D eigenvalue weighted by Gasteiger charge is -2.29. The van der Waals surface area contributed by atoms with Crippen molar-refractivity contribution >= 4 is 11.3 Å². The Kier molecular flexibility index (Phi) is 4.98. The molecule has 1 aromatic rings. The van der Waals surface area contributed by atoms with Crippen molar-refractivity contribution in [1.82, 2.24) is 10.4 Å². The van der Waals surface area contributed by atoms with E-state index in [1.54, 1.807) is 11.3 Å². The van der Waals surface area contributed by atoms with Crippen LogP contribution in [-0.4, -0.2) is 11.0 Å².